The summed E-state index contributed by atoms with van der Waals surface area (Å²) in [5, 5.41) is 0. The molecule has 2 unspecified atom stereocenters. The second-order valence-corrected chi connectivity index (χ2v) is 10.1. The Hall–Kier alpha value is -1.49. The summed E-state index contributed by atoms with van der Waals surface area (Å²) in [5.74, 6) is -1.35. The van der Waals surface area contributed by atoms with E-state index < -0.39 is 31.9 Å². The molecule has 0 radical (unpaired) electrons. The number of nitrogens with zero attached hydrogens (tertiary/aromatic N) is 2. The zero-order chi connectivity index (χ0) is 18.4. The maximum absolute atomic E-state index is 12.7. The zero-order valence-corrected chi connectivity index (χ0v) is 15.6. The highest BCUT2D eigenvalue weighted by molar-refractivity contribution is 7.94. The van der Waals surface area contributed by atoms with Gasteiger partial charge in [0, 0.05) is 12.6 Å². The van der Waals surface area contributed by atoms with Crippen LogP contribution >= 0.6 is 0 Å². The van der Waals surface area contributed by atoms with E-state index in [9.17, 15) is 21.6 Å². The Bertz CT molecular complexity index is 879. The van der Waals surface area contributed by atoms with E-state index in [-0.39, 0.29) is 28.9 Å². The molecule has 0 N–H and O–H groups in total. The van der Waals surface area contributed by atoms with Crippen LogP contribution in [0.5, 0.6) is 0 Å². The van der Waals surface area contributed by atoms with Gasteiger partial charge >= 0.3 is 0 Å². The number of carbonyl (C=O) groups is 1. The van der Waals surface area contributed by atoms with Gasteiger partial charge in [0.05, 0.1) is 35.5 Å². The molecular formula is C15H20N2O6S2. The molecule has 0 spiro atoms. The number of rotatable bonds is 3. The molecule has 0 aromatic heterocycles. The predicted octanol–water partition coefficient (Wildman–Crippen LogP) is 0.409. The van der Waals surface area contributed by atoms with Crippen LogP contribution in [0.15, 0.2) is 29.2 Å². The number of carbonyl (C=O) groups excluding carboxylic acids is 1. The van der Waals surface area contributed by atoms with E-state index in [1.54, 1.807) is 13.8 Å². The average molecular weight is 388 g/mol. The lowest BCUT2D eigenvalue weighted by molar-refractivity contribution is -0.119. The Morgan fingerprint density at radius 2 is 1.80 bits per heavy atom. The van der Waals surface area contributed by atoms with Crippen molar-refractivity contribution in [1.82, 2.24) is 4.31 Å². The van der Waals surface area contributed by atoms with Crippen LogP contribution in [0.1, 0.15) is 13.8 Å². The molecule has 0 bridgehead atoms. The molecule has 25 heavy (non-hydrogen) atoms. The minimum atomic E-state index is -3.71. The van der Waals surface area contributed by atoms with Crippen LogP contribution in [0.4, 0.5) is 5.69 Å². The molecular weight excluding hydrogens is 368 g/mol. The number of amides is 1. The fraction of sp³-hybridized carbons (Fsp3) is 0.533. The normalized spacial score (nSPS) is 27.6. The van der Waals surface area contributed by atoms with Gasteiger partial charge in [-0.05, 0) is 31.2 Å². The van der Waals surface area contributed by atoms with Crippen molar-refractivity contribution in [3.05, 3.63) is 24.3 Å². The zero-order valence-electron chi connectivity index (χ0n) is 14.0. The number of benzene rings is 1. The summed E-state index contributed by atoms with van der Waals surface area (Å²) < 4.78 is 57.1. The summed E-state index contributed by atoms with van der Waals surface area (Å²) in [5.41, 5.74) is 0.156. The fourth-order valence-corrected chi connectivity index (χ4v) is 6.47. The molecule has 1 aromatic rings. The molecule has 10 heteroatoms. The highest BCUT2D eigenvalue weighted by atomic mass is 32.2. The molecule has 2 aliphatic rings. The summed E-state index contributed by atoms with van der Waals surface area (Å²) in [4.78, 5) is 12.2. The lowest BCUT2D eigenvalue weighted by Crippen LogP contribution is -2.46. The van der Waals surface area contributed by atoms with E-state index in [1.807, 2.05) is 0 Å². The molecule has 2 heterocycles. The standard InChI is InChI=1S/C15H20N2O6S2/c1-11-10-24(19,20)17(15(11)18)13-3-5-14(6-4-13)25(21,22)16-7-8-23-9-12(16)2/h3-6,11-12H,7-10H2,1-2H3. The molecule has 2 atom stereocenters. The van der Waals surface area contributed by atoms with Crippen molar-refractivity contribution in [3.8, 4) is 0 Å². The van der Waals surface area contributed by atoms with Gasteiger partial charge in [-0.15, -0.1) is 0 Å². The van der Waals surface area contributed by atoms with Gasteiger partial charge in [0.25, 0.3) is 0 Å². The number of hydrogen-bond donors (Lipinski definition) is 0. The van der Waals surface area contributed by atoms with Crippen molar-refractivity contribution in [2.75, 3.05) is 29.8 Å². The van der Waals surface area contributed by atoms with Crippen LogP contribution in [0.3, 0.4) is 0 Å². The van der Waals surface area contributed by atoms with Gasteiger partial charge in [-0.2, -0.15) is 4.31 Å². The summed E-state index contributed by atoms with van der Waals surface area (Å²) in [6, 6.07) is 5.09. The summed E-state index contributed by atoms with van der Waals surface area (Å²) >= 11 is 0. The van der Waals surface area contributed by atoms with Crippen molar-refractivity contribution < 1.29 is 26.4 Å². The summed E-state index contributed by atoms with van der Waals surface area (Å²) in [6.45, 7) is 4.25. The lowest BCUT2D eigenvalue weighted by Gasteiger charge is -2.32. The van der Waals surface area contributed by atoms with Crippen molar-refractivity contribution in [3.63, 3.8) is 0 Å². The average Bonchev–Trinajstić information content (AvgIpc) is 2.75. The van der Waals surface area contributed by atoms with Crippen LogP contribution in [0.25, 0.3) is 0 Å². The molecule has 0 saturated carbocycles. The first-order chi connectivity index (χ1) is 11.6. The number of anilines is 1. The van der Waals surface area contributed by atoms with E-state index in [2.05, 4.69) is 0 Å². The third kappa shape index (κ3) is 3.19. The van der Waals surface area contributed by atoms with Crippen molar-refractivity contribution in [2.24, 2.45) is 5.92 Å². The summed E-state index contributed by atoms with van der Waals surface area (Å²) in [7, 11) is -7.41. The van der Waals surface area contributed by atoms with Gasteiger partial charge in [-0.25, -0.2) is 21.1 Å². The summed E-state index contributed by atoms with van der Waals surface area (Å²) in [6.07, 6.45) is 0. The molecule has 0 aliphatic carbocycles. The van der Waals surface area contributed by atoms with E-state index >= 15 is 0 Å². The van der Waals surface area contributed by atoms with Crippen LogP contribution in [-0.2, 0) is 29.6 Å². The fourth-order valence-electron chi connectivity index (χ4n) is 3.04. The Labute approximate surface area is 147 Å². The van der Waals surface area contributed by atoms with E-state index in [0.717, 1.165) is 4.31 Å². The van der Waals surface area contributed by atoms with Crippen LogP contribution in [0.2, 0.25) is 0 Å². The molecule has 2 aliphatic heterocycles. The van der Waals surface area contributed by atoms with Gasteiger partial charge in [0.2, 0.25) is 26.0 Å². The van der Waals surface area contributed by atoms with Crippen LogP contribution in [0, 0.1) is 5.92 Å². The predicted molar refractivity (Wildman–Crippen MR) is 91.1 cm³/mol. The van der Waals surface area contributed by atoms with Gasteiger partial charge in [0.15, 0.2) is 0 Å². The highest BCUT2D eigenvalue weighted by Crippen LogP contribution is 2.30. The smallest absolute Gasteiger partial charge is 0.244 e. The third-order valence-corrected chi connectivity index (χ3v) is 8.24. The minimum Gasteiger partial charge on any atom is -0.378 e. The second-order valence-electron chi connectivity index (χ2n) is 6.32. The third-order valence-electron chi connectivity index (χ3n) is 4.35. The first-order valence-electron chi connectivity index (χ1n) is 7.91. The maximum Gasteiger partial charge on any atom is 0.244 e. The van der Waals surface area contributed by atoms with Gasteiger partial charge in [0.1, 0.15) is 0 Å². The molecule has 1 aromatic carbocycles. The maximum atomic E-state index is 12.7. The Morgan fingerprint density at radius 3 is 2.32 bits per heavy atom. The topological polar surface area (TPSA) is 101 Å². The monoisotopic (exact) mass is 388 g/mol. The van der Waals surface area contributed by atoms with E-state index in [1.165, 1.54) is 28.6 Å². The van der Waals surface area contributed by atoms with Crippen LogP contribution in [-0.4, -0.2) is 58.6 Å². The molecule has 3 rings (SSSR count). The molecule has 8 nitrogen and oxygen atoms in total. The van der Waals surface area contributed by atoms with E-state index in [4.69, 9.17) is 4.74 Å². The first-order valence-corrected chi connectivity index (χ1v) is 11.0. The van der Waals surface area contributed by atoms with Crippen molar-refractivity contribution in [1.29, 1.82) is 0 Å². The molecule has 2 fully saturated rings. The number of hydrogen-bond acceptors (Lipinski definition) is 6. The Balaban J connectivity index is 1.91. The molecule has 2 saturated heterocycles. The lowest BCUT2D eigenvalue weighted by atomic mass is 10.2. The Morgan fingerprint density at radius 1 is 1.16 bits per heavy atom. The van der Waals surface area contributed by atoms with E-state index in [0.29, 0.717) is 13.2 Å². The molecule has 1 amide bonds. The van der Waals surface area contributed by atoms with Crippen LogP contribution < -0.4 is 4.31 Å². The largest absolute Gasteiger partial charge is 0.378 e. The number of sulfonamides is 2. The first kappa shape index (κ1) is 18.3. The number of ether oxygens (including phenoxy) is 1. The highest BCUT2D eigenvalue weighted by Gasteiger charge is 2.42. The second kappa shape index (κ2) is 6.35. The van der Waals surface area contributed by atoms with Crippen molar-refractivity contribution in [2.45, 2.75) is 24.8 Å². The quantitative estimate of drug-likeness (QED) is 0.743. The molecule has 138 valence electrons. The minimum absolute atomic E-state index is 0.0575. The van der Waals surface area contributed by atoms with Gasteiger partial charge in [-0.3, -0.25) is 4.79 Å². The SMILES string of the molecule is CC1CS(=O)(=O)N(c2ccc(S(=O)(=O)N3CCOCC3C)cc2)C1=O. The van der Waals surface area contributed by atoms with Crippen molar-refractivity contribution >= 4 is 31.6 Å². The number of morpholine rings is 1. The van der Waals surface area contributed by atoms with Gasteiger partial charge in [-0.1, -0.05) is 6.92 Å². The Kier molecular flexibility index (Phi) is 4.65. The van der Waals surface area contributed by atoms with Gasteiger partial charge < -0.3 is 4.74 Å².